The van der Waals surface area contributed by atoms with Crippen LogP contribution < -0.4 is 5.32 Å². The highest BCUT2D eigenvalue weighted by atomic mass is 32.1. The number of carbonyl (C=O) groups excluding carboxylic acids is 1. The number of rotatable bonds is 6. The highest BCUT2D eigenvalue weighted by Crippen LogP contribution is 2.35. The number of morpholine rings is 1. The number of benzene rings is 1. The van der Waals surface area contributed by atoms with Crippen LogP contribution in [-0.2, 0) is 10.9 Å². The van der Waals surface area contributed by atoms with E-state index in [-0.39, 0.29) is 11.7 Å². The molecule has 4 rings (SSSR count). The van der Waals surface area contributed by atoms with Gasteiger partial charge in [0.15, 0.2) is 5.69 Å². The fraction of sp³-hybridized carbons (Fsp3) is 0.350. The van der Waals surface area contributed by atoms with Crippen LogP contribution in [0.15, 0.2) is 41.9 Å². The third kappa shape index (κ3) is 4.94. The molecule has 1 aromatic carbocycles. The number of thiazole rings is 1. The number of ether oxygens (including phenoxy) is 1. The topological polar surface area (TPSA) is 72.3 Å². The summed E-state index contributed by atoms with van der Waals surface area (Å²) in [6.45, 7) is 3.45. The molecule has 0 bridgehead atoms. The predicted molar refractivity (Wildman–Crippen MR) is 109 cm³/mol. The number of carbonyl (C=O) groups is 1. The van der Waals surface area contributed by atoms with Crippen molar-refractivity contribution in [3.05, 3.63) is 53.2 Å². The molecule has 7 nitrogen and oxygen atoms in total. The van der Waals surface area contributed by atoms with Crippen LogP contribution in [0.5, 0.6) is 0 Å². The lowest BCUT2D eigenvalue weighted by Crippen LogP contribution is -2.41. The number of nitrogens with zero attached hydrogens (tertiary/aromatic N) is 4. The van der Waals surface area contributed by atoms with Gasteiger partial charge >= 0.3 is 6.18 Å². The van der Waals surface area contributed by atoms with E-state index >= 15 is 0 Å². The number of hydrogen-bond donors (Lipinski definition) is 1. The molecule has 0 atom stereocenters. The van der Waals surface area contributed by atoms with E-state index in [1.54, 1.807) is 5.38 Å². The summed E-state index contributed by atoms with van der Waals surface area (Å²) in [7, 11) is 0. The summed E-state index contributed by atoms with van der Waals surface area (Å²) in [5, 5.41) is 8.10. The van der Waals surface area contributed by atoms with Crippen molar-refractivity contribution in [1.82, 2.24) is 25.0 Å². The Morgan fingerprint density at radius 2 is 1.94 bits per heavy atom. The van der Waals surface area contributed by atoms with Crippen molar-refractivity contribution < 1.29 is 22.7 Å². The van der Waals surface area contributed by atoms with E-state index < -0.39 is 23.3 Å². The summed E-state index contributed by atoms with van der Waals surface area (Å²) < 4.78 is 47.5. The quantitative estimate of drug-likeness (QED) is 0.624. The summed E-state index contributed by atoms with van der Waals surface area (Å²) in [6.07, 6.45) is -3.83. The smallest absolute Gasteiger partial charge is 0.379 e. The van der Waals surface area contributed by atoms with Crippen LogP contribution in [0.25, 0.3) is 16.4 Å². The molecule has 1 amide bonds. The monoisotopic (exact) mass is 451 g/mol. The standard InChI is InChI=1S/C20H20F3N5O2S/c21-20(22,23)17-15(18(29)24-6-7-27-8-10-30-11-9-27)12-25-28(17)19-26-16(13-31-19)14-4-2-1-3-5-14/h1-5,12-13H,6-11H2,(H,24,29). The minimum atomic E-state index is -4.77. The van der Waals surface area contributed by atoms with Gasteiger partial charge in [-0.05, 0) is 0 Å². The van der Waals surface area contributed by atoms with E-state index in [0.29, 0.717) is 30.1 Å². The Balaban J connectivity index is 1.53. The van der Waals surface area contributed by atoms with Crippen LogP contribution in [0.2, 0.25) is 0 Å². The van der Waals surface area contributed by atoms with Gasteiger partial charge in [0, 0.05) is 37.1 Å². The summed E-state index contributed by atoms with van der Waals surface area (Å²) in [5.41, 5.74) is -0.330. The minimum Gasteiger partial charge on any atom is -0.379 e. The molecule has 1 aliphatic rings. The lowest BCUT2D eigenvalue weighted by atomic mass is 10.2. The molecule has 11 heteroatoms. The Kier molecular flexibility index (Phi) is 6.35. The van der Waals surface area contributed by atoms with Crippen molar-refractivity contribution >= 4 is 17.2 Å². The van der Waals surface area contributed by atoms with E-state index in [1.165, 1.54) is 0 Å². The van der Waals surface area contributed by atoms with Crippen LogP contribution >= 0.6 is 11.3 Å². The van der Waals surface area contributed by atoms with Crippen LogP contribution in [-0.4, -0.2) is 65.0 Å². The number of amides is 1. The first-order valence-electron chi connectivity index (χ1n) is 9.68. The number of alkyl halides is 3. The third-order valence-electron chi connectivity index (χ3n) is 4.84. The Labute approximate surface area is 180 Å². The lowest BCUT2D eigenvalue weighted by molar-refractivity contribution is -0.143. The summed E-state index contributed by atoms with van der Waals surface area (Å²) in [6, 6.07) is 9.13. The first-order valence-corrected chi connectivity index (χ1v) is 10.6. The second kappa shape index (κ2) is 9.16. The first-order chi connectivity index (χ1) is 14.9. The Bertz CT molecular complexity index is 1030. The zero-order chi connectivity index (χ0) is 21.8. The molecule has 3 heterocycles. The van der Waals surface area contributed by atoms with Gasteiger partial charge < -0.3 is 10.1 Å². The van der Waals surface area contributed by atoms with Gasteiger partial charge in [-0.3, -0.25) is 9.69 Å². The number of aromatic nitrogens is 3. The van der Waals surface area contributed by atoms with Crippen molar-refractivity contribution in [3.8, 4) is 16.4 Å². The van der Waals surface area contributed by atoms with Crippen LogP contribution in [0.1, 0.15) is 16.1 Å². The van der Waals surface area contributed by atoms with Crippen LogP contribution in [0.4, 0.5) is 13.2 Å². The SMILES string of the molecule is O=C(NCCN1CCOCC1)c1cnn(-c2nc(-c3ccccc3)cs2)c1C(F)(F)F. The van der Waals surface area contributed by atoms with Crippen molar-refractivity contribution in [2.75, 3.05) is 39.4 Å². The molecular weight excluding hydrogens is 431 g/mol. The number of nitrogens with one attached hydrogen (secondary N) is 1. The maximum atomic E-state index is 13.8. The van der Waals surface area contributed by atoms with E-state index in [1.807, 2.05) is 30.3 Å². The molecule has 2 aromatic heterocycles. The van der Waals surface area contributed by atoms with Crippen molar-refractivity contribution in [1.29, 1.82) is 0 Å². The Hall–Kier alpha value is -2.76. The van der Waals surface area contributed by atoms with Crippen molar-refractivity contribution in [2.24, 2.45) is 0 Å². The Morgan fingerprint density at radius 3 is 2.65 bits per heavy atom. The van der Waals surface area contributed by atoms with E-state index in [4.69, 9.17) is 4.74 Å². The van der Waals surface area contributed by atoms with Gasteiger partial charge in [0.25, 0.3) is 5.91 Å². The van der Waals surface area contributed by atoms with Crippen molar-refractivity contribution in [2.45, 2.75) is 6.18 Å². The first kappa shape index (κ1) is 21.5. The maximum absolute atomic E-state index is 13.8. The predicted octanol–water partition coefficient (Wildman–Crippen LogP) is 3.08. The van der Waals surface area contributed by atoms with E-state index in [9.17, 15) is 18.0 Å². The van der Waals surface area contributed by atoms with Gasteiger partial charge in [0.05, 0.1) is 30.7 Å². The molecule has 3 aromatic rings. The third-order valence-corrected chi connectivity index (χ3v) is 5.66. The molecule has 1 aliphatic heterocycles. The average Bonchev–Trinajstić information content (AvgIpc) is 3.42. The molecule has 1 N–H and O–H groups in total. The number of halogens is 3. The summed E-state index contributed by atoms with van der Waals surface area (Å²) >= 11 is 1.03. The minimum absolute atomic E-state index is 0.0403. The lowest BCUT2D eigenvalue weighted by Gasteiger charge is -2.26. The van der Waals surface area contributed by atoms with Gasteiger partial charge in [0.2, 0.25) is 5.13 Å². The molecule has 0 saturated carbocycles. The molecule has 31 heavy (non-hydrogen) atoms. The van der Waals surface area contributed by atoms with Crippen LogP contribution in [0.3, 0.4) is 0 Å². The molecule has 0 radical (unpaired) electrons. The van der Waals surface area contributed by atoms with Gasteiger partial charge in [-0.2, -0.15) is 18.3 Å². The highest BCUT2D eigenvalue weighted by molar-refractivity contribution is 7.12. The Morgan fingerprint density at radius 1 is 1.19 bits per heavy atom. The highest BCUT2D eigenvalue weighted by Gasteiger charge is 2.41. The zero-order valence-corrected chi connectivity index (χ0v) is 17.2. The summed E-state index contributed by atoms with van der Waals surface area (Å²) in [4.78, 5) is 18.9. The largest absolute Gasteiger partial charge is 0.434 e. The summed E-state index contributed by atoms with van der Waals surface area (Å²) in [5.74, 6) is -0.813. The fourth-order valence-electron chi connectivity index (χ4n) is 3.28. The molecule has 0 unspecified atom stereocenters. The average molecular weight is 451 g/mol. The normalized spacial score (nSPS) is 15.2. The molecule has 0 spiro atoms. The number of hydrogen-bond acceptors (Lipinski definition) is 6. The van der Waals surface area contributed by atoms with Gasteiger partial charge in [-0.25, -0.2) is 9.67 Å². The van der Waals surface area contributed by atoms with Gasteiger partial charge in [-0.1, -0.05) is 30.3 Å². The van der Waals surface area contributed by atoms with Crippen LogP contribution in [0, 0.1) is 0 Å². The molecule has 0 aliphatic carbocycles. The van der Waals surface area contributed by atoms with E-state index in [2.05, 4.69) is 20.3 Å². The molecule has 1 fully saturated rings. The molecular formula is C20H20F3N5O2S. The van der Waals surface area contributed by atoms with Crippen molar-refractivity contribution in [3.63, 3.8) is 0 Å². The second-order valence-corrected chi connectivity index (χ2v) is 7.74. The fourth-order valence-corrected chi connectivity index (χ4v) is 4.08. The second-order valence-electron chi connectivity index (χ2n) is 6.91. The molecule has 164 valence electrons. The van der Waals surface area contributed by atoms with E-state index in [0.717, 1.165) is 36.2 Å². The molecule has 1 saturated heterocycles. The zero-order valence-electron chi connectivity index (χ0n) is 16.4. The van der Waals surface area contributed by atoms with Gasteiger partial charge in [0.1, 0.15) is 0 Å². The maximum Gasteiger partial charge on any atom is 0.434 e. The van der Waals surface area contributed by atoms with Gasteiger partial charge in [-0.15, -0.1) is 11.3 Å².